The smallest absolute Gasteiger partial charge is 0.327 e. The number of aliphatic hydroxyl groups excluding tert-OH is 5. The summed E-state index contributed by atoms with van der Waals surface area (Å²) in [5.74, 6) is -1.97. The number of rotatable bonds is 15. The van der Waals surface area contributed by atoms with Gasteiger partial charge in [-0.3, -0.25) is 19.2 Å². The van der Waals surface area contributed by atoms with Gasteiger partial charge in [0.05, 0.1) is 32.4 Å². The summed E-state index contributed by atoms with van der Waals surface area (Å²) in [4.78, 5) is 48.2. The quantitative estimate of drug-likeness (QED) is 0.130. The Morgan fingerprint density at radius 2 is 1.76 bits per heavy atom. The molecule has 7 fully saturated rings. The molecule has 2 bridgehead atoms. The van der Waals surface area contributed by atoms with Crippen LogP contribution in [0.4, 0.5) is 0 Å². The van der Waals surface area contributed by atoms with Crippen LogP contribution in [0.2, 0.25) is 0 Å². The summed E-state index contributed by atoms with van der Waals surface area (Å²) < 4.78 is 36.3. The molecule has 0 aromatic heterocycles. The molecule has 1 aromatic rings. The van der Waals surface area contributed by atoms with E-state index in [0.29, 0.717) is 0 Å². The monoisotopic (exact) mass is 816 g/mol. The number of carbonyl (C=O) groups is 3. The maximum Gasteiger partial charge on any atom is 0.327 e. The lowest BCUT2D eigenvalue weighted by molar-refractivity contribution is -0.298. The molecule has 4 heterocycles. The molecule has 3 saturated carbocycles. The largest absolute Gasteiger partial charge is 0.460 e. The first-order chi connectivity index (χ1) is 27.7. The average Bonchev–Trinajstić information content (AvgIpc) is 4.13. The molecule has 320 valence electrons. The molecule has 3 aliphatic carbocycles. The molecule has 58 heavy (non-hydrogen) atoms. The second-order valence-electron chi connectivity index (χ2n) is 17.8. The third-order valence-corrected chi connectivity index (χ3v) is 12.4. The Balaban J connectivity index is 1.01. The van der Waals surface area contributed by atoms with Crippen LogP contribution in [0.3, 0.4) is 0 Å². The highest BCUT2D eigenvalue weighted by atomic mass is 16.8. The lowest BCUT2D eigenvalue weighted by Crippen LogP contribution is -2.70. The van der Waals surface area contributed by atoms with Gasteiger partial charge in [-0.05, 0) is 64.0 Å². The summed E-state index contributed by atoms with van der Waals surface area (Å²) in [6, 6.07) is 5.45. The molecule has 1 amide bonds. The molecule has 4 saturated heterocycles. The number of hydrogen-bond donors (Lipinski definition) is 6. The molecule has 17 heteroatoms. The summed E-state index contributed by atoms with van der Waals surface area (Å²) in [5, 5.41) is 54.7. The molecule has 17 nitrogen and oxygen atoms in total. The van der Waals surface area contributed by atoms with Gasteiger partial charge in [0.1, 0.15) is 59.8 Å². The van der Waals surface area contributed by atoms with Gasteiger partial charge in [0.15, 0.2) is 18.1 Å². The highest BCUT2D eigenvalue weighted by Crippen LogP contribution is 2.63. The zero-order chi connectivity index (χ0) is 41.1. The maximum atomic E-state index is 14.8. The number of fused-ring (bicyclic) bond motifs is 4. The topological polar surface area (TPSA) is 232 Å². The molecular formula is C41H56N2O15. The molecule has 0 radical (unpaired) electrons. The Morgan fingerprint density at radius 1 is 1.03 bits per heavy atom. The summed E-state index contributed by atoms with van der Waals surface area (Å²) >= 11 is 0. The average molecular weight is 817 g/mol. The third kappa shape index (κ3) is 7.84. The van der Waals surface area contributed by atoms with Crippen molar-refractivity contribution in [2.75, 3.05) is 19.8 Å². The first-order valence-corrected chi connectivity index (χ1v) is 20.5. The summed E-state index contributed by atoms with van der Waals surface area (Å²) in [6.07, 6.45) is -2.44. The van der Waals surface area contributed by atoms with Gasteiger partial charge in [-0.15, -0.1) is 0 Å². The fourth-order valence-corrected chi connectivity index (χ4v) is 9.39. The molecule has 0 unspecified atom stereocenters. The summed E-state index contributed by atoms with van der Waals surface area (Å²) in [7, 11) is 0. The van der Waals surface area contributed by atoms with Crippen LogP contribution >= 0.6 is 0 Å². The number of amides is 1. The maximum absolute atomic E-state index is 14.8. The fourth-order valence-electron chi connectivity index (χ4n) is 9.39. The molecule has 0 spiro atoms. The van der Waals surface area contributed by atoms with Crippen LogP contribution < -0.4 is 5.32 Å². The van der Waals surface area contributed by atoms with E-state index in [4.69, 9.17) is 33.3 Å². The van der Waals surface area contributed by atoms with Crippen LogP contribution in [0.25, 0.3) is 6.08 Å². The minimum absolute atomic E-state index is 0.0308. The highest BCUT2D eigenvalue weighted by Gasteiger charge is 2.78. The fraction of sp³-hybridized carbons (Fsp3) is 0.732. The number of nitrogens with zero attached hydrogens (tertiary/aromatic N) is 1. The first kappa shape index (κ1) is 41.7. The van der Waals surface area contributed by atoms with Gasteiger partial charge in [0, 0.05) is 24.7 Å². The lowest BCUT2D eigenvalue weighted by atomic mass is 9.62. The van der Waals surface area contributed by atoms with Gasteiger partial charge < -0.3 is 59.3 Å². The summed E-state index contributed by atoms with van der Waals surface area (Å²) in [6.45, 7) is 4.35. The highest BCUT2D eigenvalue weighted by molar-refractivity contribution is 5.93. The first-order valence-electron chi connectivity index (χ1n) is 20.5. The van der Waals surface area contributed by atoms with Gasteiger partial charge >= 0.3 is 11.9 Å². The molecule has 4 aliphatic heterocycles. The van der Waals surface area contributed by atoms with Gasteiger partial charge in [-0.1, -0.05) is 36.4 Å². The number of ether oxygens (including phenoxy) is 6. The Labute approximate surface area is 336 Å². The zero-order valence-electron chi connectivity index (χ0n) is 33.0. The minimum Gasteiger partial charge on any atom is -0.460 e. The van der Waals surface area contributed by atoms with Crippen LogP contribution in [0.15, 0.2) is 30.3 Å². The van der Waals surface area contributed by atoms with Crippen LogP contribution in [0.1, 0.15) is 76.8 Å². The van der Waals surface area contributed by atoms with Crippen LogP contribution in [0.5, 0.6) is 0 Å². The van der Waals surface area contributed by atoms with Gasteiger partial charge in [-0.25, -0.2) is 0 Å². The molecule has 7 aliphatic rings. The van der Waals surface area contributed by atoms with Gasteiger partial charge in [0.2, 0.25) is 5.91 Å². The van der Waals surface area contributed by atoms with E-state index in [-0.39, 0.29) is 44.2 Å². The van der Waals surface area contributed by atoms with E-state index in [1.54, 1.807) is 32.9 Å². The molecule has 1 aromatic carbocycles. The predicted molar refractivity (Wildman–Crippen MR) is 198 cm³/mol. The Bertz CT molecular complexity index is 1710. The van der Waals surface area contributed by atoms with E-state index in [1.807, 2.05) is 24.3 Å². The van der Waals surface area contributed by atoms with Crippen LogP contribution in [0, 0.1) is 17.3 Å². The van der Waals surface area contributed by atoms with E-state index in [9.17, 15) is 39.9 Å². The summed E-state index contributed by atoms with van der Waals surface area (Å²) in [5.41, 5.74) is -0.651. The van der Waals surface area contributed by atoms with E-state index in [0.717, 1.165) is 36.8 Å². The lowest BCUT2D eigenvalue weighted by Gasteiger charge is -2.49. The van der Waals surface area contributed by atoms with E-state index in [1.165, 1.54) is 5.06 Å². The second-order valence-corrected chi connectivity index (χ2v) is 17.8. The van der Waals surface area contributed by atoms with Crippen molar-refractivity contribution in [1.29, 1.82) is 0 Å². The van der Waals surface area contributed by atoms with Gasteiger partial charge in [0.25, 0.3) is 0 Å². The number of nitrogens with one attached hydrogen (secondary N) is 1. The van der Waals surface area contributed by atoms with E-state index >= 15 is 0 Å². The van der Waals surface area contributed by atoms with Crippen molar-refractivity contribution in [3.8, 4) is 0 Å². The standard InChI is InChI=1S/C41H56N2O15/c1-39(2,3)55-28(46)14-13-25(19-44)42-38(51)40-17-26-32-33(57-41(56-32,23-9-10-23)24-11-12-24)35(40)58-43(34(40)36(50)53-26)18-22-7-4-6-21(16-22)8-5-15-52-37-31(49)30(48)29(47)27(20-45)54-37/h4-8,16,23-27,29-35,37,44-45,47-49H,9-15,17-20H2,1-3H3,(H,42,51)/t25-,26+,27+,29-,30-,31+,32-,33-,34-,35+,37-,40-/m0/s1. The Kier molecular flexibility index (Phi) is 11.5. The Morgan fingerprint density at radius 3 is 2.43 bits per heavy atom. The molecular weight excluding hydrogens is 760 g/mol. The number of esters is 2. The predicted octanol–water partition coefficient (Wildman–Crippen LogP) is 0.216. The van der Waals surface area contributed by atoms with Crippen molar-refractivity contribution in [1.82, 2.24) is 10.4 Å². The van der Waals surface area contributed by atoms with E-state index < -0.39 is 115 Å². The van der Waals surface area contributed by atoms with Crippen molar-refractivity contribution in [3.63, 3.8) is 0 Å². The third-order valence-electron chi connectivity index (χ3n) is 12.4. The second kappa shape index (κ2) is 16.1. The number of benzene rings is 1. The number of hydroxylamine groups is 2. The van der Waals surface area contributed by atoms with Crippen molar-refractivity contribution in [3.05, 3.63) is 41.5 Å². The Hall–Kier alpha value is -3.07. The normalized spacial score (nSPS) is 37.3. The molecule has 6 N–H and O–H groups in total. The van der Waals surface area contributed by atoms with E-state index in [2.05, 4.69) is 5.32 Å². The molecule has 12 atom stereocenters. The van der Waals surface area contributed by atoms with Crippen molar-refractivity contribution < 1.29 is 73.2 Å². The van der Waals surface area contributed by atoms with Crippen LogP contribution in [-0.4, -0.2) is 147 Å². The van der Waals surface area contributed by atoms with Crippen molar-refractivity contribution in [2.45, 2.75) is 151 Å². The zero-order valence-corrected chi connectivity index (χ0v) is 33.0. The number of hydrogen-bond acceptors (Lipinski definition) is 16. The van der Waals surface area contributed by atoms with Crippen molar-refractivity contribution >= 4 is 23.9 Å². The number of aliphatic hydroxyl groups is 5. The molecule has 8 rings (SSSR count). The van der Waals surface area contributed by atoms with Crippen molar-refractivity contribution in [2.24, 2.45) is 17.3 Å². The number of carbonyl (C=O) groups excluding carboxylic acids is 3. The minimum atomic E-state index is -1.55. The van der Waals surface area contributed by atoms with Gasteiger partial charge in [-0.2, -0.15) is 5.06 Å². The van der Waals surface area contributed by atoms with Crippen LogP contribution in [-0.2, 0) is 54.2 Å². The SMILES string of the molecule is CC(C)(C)OC(=O)CC[C@@H](CO)NC(=O)[C@@]12C[C@H]3OC(=O)[C@@H]1N(Cc1cccc(C=CCO[C@H]4O[C@H](CO)[C@H](O)[C@H](O)[C@H]4O)c1)O[C@@H]2[C@H]1OC(C2CC2)(C2CC2)O[C@H]13.